The molecule has 0 aliphatic heterocycles. The summed E-state index contributed by atoms with van der Waals surface area (Å²) in [5, 5.41) is 12.5. The minimum absolute atomic E-state index is 0.114. The largest absolute Gasteiger partial charge is 0.396 e. The van der Waals surface area contributed by atoms with Crippen LogP contribution < -0.4 is 5.32 Å². The third-order valence-corrected chi connectivity index (χ3v) is 2.76. The molecule has 0 bridgehead atoms. The van der Waals surface area contributed by atoms with Gasteiger partial charge in [0.15, 0.2) is 0 Å². The lowest BCUT2D eigenvalue weighted by Gasteiger charge is -2.32. The van der Waals surface area contributed by atoms with E-state index in [0.29, 0.717) is 6.04 Å². The van der Waals surface area contributed by atoms with Crippen molar-refractivity contribution in [2.75, 3.05) is 6.61 Å². The highest BCUT2D eigenvalue weighted by Gasteiger charge is 2.22. The summed E-state index contributed by atoms with van der Waals surface area (Å²) in [5.74, 6) is 0. The normalized spacial score (nSPS) is 18.2. The second-order valence-electron chi connectivity index (χ2n) is 4.22. The maximum Gasteiger partial charge on any atom is 0.0448 e. The van der Waals surface area contributed by atoms with Gasteiger partial charge in [-0.15, -0.1) is 0 Å². The van der Waals surface area contributed by atoms with Crippen LogP contribution in [0.25, 0.3) is 0 Å². The summed E-state index contributed by atoms with van der Waals surface area (Å²) in [7, 11) is 0. The minimum atomic E-state index is 0.114. The topological polar surface area (TPSA) is 32.3 Å². The molecule has 0 amide bonds. The van der Waals surface area contributed by atoms with Gasteiger partial charge >= 0.3 is 0 Å². The molecule has 2 heteroatoms. The first-order valence-electron chi connectivity index (χ1n) is 5.46. The SMILES string of the molecule is CCCC(C)NC(C)(CC)CCO. The fourth-order valence-electron chi connectivity index (χ4n) is 1.70. The molecule has 2 N–H and O–H groups in total. The Morgan fingerprint density at radius 2 is 2.00 bits per heavy atom. The zero-order valence-corrected chi connectivity index (χ0v) is 9.56. The van der Waals surface area contributed by atoms with Gasteiger partial charge in [0.05, 0.1) is 0 Å². The number of hydrogen-bond donors (Lipinski definition) is 2. The summed E-state index contributed by atoms with van der Waals surface area (Å²) < 4.78 is 0. The van der Waals surface area contributed by atoms with Crippen LogP contribution in [0.3, 0.4) is 0 Å². The molecule has 0 aromatic rings. The Morgan fingerprint density at radius 3 is 2.38 bits per heavy atom. The third kappa shape index (κ3) is 5.27. The predicted octanol–water partition coefficient (Wildman–Crippen LogP) is 2.32. The van der Waals surface area contributed by atoms with Crippen LogP contribution in [-0.2, 0) is 0 Å². The van der Waals surface area contributed by atoms with E-state index in [1.54, 1.807) is 0 Å². The van der Waals surface area contributed by atoms with Crippen LogP contribution in [0.4, 0.5) is 0 Å². The molecule has 0 fully saturated rings. The molecule has 0 heterocycles. The van der Waals surface area contributed by atoms with Crippen LogP contribution in [0.15, 0.2) is 0 Å². The maximum absolute atomic E-state index is 8.94. The Labute approximate surface area is 82.7 Å². The van der Waals surface area contributed by atoms with E-state index in [-0.39, 0.29) is 12.1 Å². The molecule has 0 aliphatic rings. The highest BCUT2D eigenvalue weighted by atomic mass is 16.3. The average molecular weight is 187 g/mol. The lowest BCUT2D eigenvalue weighted by Crippen LogP contribution is -2.47. The van der Waals surface area contributed by atoms with Gasteiger partial charge < -0.3 is 10.4 Å². The lowest BCUT2D eigenvalue weighted by atomic mass is 9.93. The molecule has 2 atom stereocenters. The molecule has 0 aromatic carbocycles. The highest BCUT2D eigenvalue weighted by Crippen LogP contribution is 2.15. The lowest BCUT2D eigenvalue weighted by molar-refractivity contribution is 0.202. The molecular formula is C11H25NO. The molecule has 13 heavy (non-hydrogen) atoms. The monoisotopic (exact) mass is 187 g/mol. The molecule has 0 saturated heterocycles. The quantitative estimate of drug-likeness (QED) is 0.641. The van der Waals surface area contributed by atoms with Crippen LogP contribution >= 0.6 is 0 Å². The third-order valence-electron chi connectivity index (χ3n) is 2.76. The van der Waals surface area contributed by atoms with E-state index in [1.807, 2.05) is 0 Å². The summed E-state index contributed by atoms with van der Waals surface area (Å²) in [6.07, 6.45) is 4.34. The summed E-state index contributed by atoms with van der Waals surface area (Å²) in [4.78, 5) is 0. The molecule has 0 spiro atoms. The van der Waals surface area contributed by atoms with Gasteiger partial charge in [0, 0.05) is 18.2 Å². The first-order chi connectivity index (χ1) is 6.08. The number of nitrogens with one attached hydrogen (secondary N) is 1. The molecule has 0 aromatic heterocycles. The van der Waals surface area contributed by atoms with E-state index in [0.717, 1.165) is 12.8 Å². The first kappa shape index (κ1) is 12.9. The maximum atomic E-state index is 8.94. The number of hydrogen-bond acceptors (Lipinski definition) is 2. The van der Waals surface area contributed by atoms with E-state index >= 15 is 0 Å². The van der Waals surface area contributed by atoms with E-state index in [9.17, 15) is 0 Å². The van der Waals surface area contributed by atoms with Crippen LogP contribution in [0.5, 0.6) is 0 Å². The van der Waals surface area contributed by atoms with Crippen molar-refractivity contribution in [3.8, 4) is 0 Å². The Bertz CT molecular complexity index is 127. The molecule has 80 valence electrons. The van der Waals surface area contributed by atoms with E-state index in [1.165, 1.54) is 12.8 Å². The zero-order valence-electron chi connectivity index (χ0n) is 9.56. The number of aliphatic hydroxyl groups is 1. The van der Waals surface area contributed by atoms with Crippen molar-refractivity contribution in [1.82, 2.24) is 5.32 Å². The Kier molecular flexibility index (Phi) is 6.35. The van der Waals surface area contributed by atoms with Crippen molar-refractivity contribution >= 4 is 0 Å². The van der Waals surface area contributed by atoms with Gasteiger partial charge in [-0.2, -0.15) is 0 Å². The Balaban J connectivity index is 3.93. The van der Waals surface area contributed by atoms with Crippen molar-refractivity contribution in [2.24, 2.45) is 0 Å². The van der Waals surface area contributed by atoms with Gasteiger partial charge in [-0.1, -0.05) is 20.3 Å². The van der Waals surface area contributed by atoms with Crippen LogP contribution in [0.1, 0.15) is 53.4 Å². The van der Waals surface area contributed by atoms with Gasteiger partial charge in [-0.25, -0.2) is 0 Å². The van der Waals surface area contributed by atoms with Crippen LogP contribution in [0.2, 0.25) is 0 Å². The summed E-state index contributed by atoms with van der Waals surface area (Å²) in [6.45, 7) is 9.05. The summed E-state index contributed by atoms with van der Waals surface area (Å²) in [5.41, 5.74) is 0.114. The zero-order chi connectivity index (χ0) is 10.3. The van der Waals surface area contributed by atoms with Crippen molar-refractivity contribution in [3.63, 3.8) is 0 Å². The van der Waals surface area contributed by atoms with Gasteiger partial charge in [-0.05, 0) is 33.1 Å². The van der Waals surface area contributed by atoms with Crippen molar-refractivity contribution in [3.05, 3.63) is 0 Å². The van der Waals surface area contributed by atoms with Gasteiger partial charge in [-0.3, -0.25) is 0 Å². The van der Waals surface area contributed by atoms with Crippen molar-refractivity contribution in [2.45, 2.75) is 65.0 Å². The van der Waals surface area contributed by atoms with E-state index < -0.39 is 0 Å². The first-order valence-corrected chi connectivity index (χ1v) is 5.46. The summed E-state index contributed by atoms with van der Waals surface area (Å²) in [6, 6.07) is 0.557. The van der Waals surface area contributed by atoms with Gasteiger partial charge in [0.25, 0.3) is 0 Å². The second kappa shape index (κ2) is 6.39. The summed E-state index contributed by atoms with van der Waals surface area (Å²) >= 11 is 0. The predicted molar refractivity (Wildman–Crippen MR) is 57.9 cm³/mol. The highest BCUT2D eigenvalue weighted by molar-refractivity contribution is 4.83. The molecule has 2 nitrogen and oxygen atoms in total. The van der Waals surface area contributed by atoms with Gasteiger partial charge in [0.2, 0.25) is 0 Å². The molecular weight excluding hydrogens is 162 g/mol. The number of aliphatic hydroxyl groups excluding tert-OH is 1. The van der Waals surface area contributed by atoms with E-state index in [2.05, 4.69) is 33.0 Å². The molecule has 0 rings (SSSR count). The molecule has 0 radical (unpaired) electrons. The number of rotatable bonds is 7. The minimum Gasteiger partial charge on any atom is -0.396 e. The van der Waals surface area contributed by atoms with Crippen LogP contribution in [-0.4, -0.2) is 23.3 Å². The second-order valence-corrected chi connectivity index (χ2v) is 4.22. The smallest absolute Gasteiger partial charge is 0.0448 e. The Hall–Kier alpha value is -0.0800. The fraction of sp³-hybridized carbons (Fsp3) is 1.00. The molecule has 0 saturated carbocycles. The average Bonchev–Trinajstić information content (AvgIpc) is 2.05. The standard InChI is InChI=1S/C11H25NO/c1-5-7-10(3)12-11(4,6-2)8-9-13/h10,12-13H,5-9H2,1-4H3. The molecule has 2 unspecified atom stereocenters. The van der Waals surface area contributed by atoms with E-state index in [4.69, 9.17) is 5.11 Å². The van der Waals surface area contributed by atoms with Crippen molar-refractivity contribution in [1.29, 1.82) is 0 Å². The van der Waals surface area contributed by atoms with Crippen LogP contribution in [0, 0.1) is 0 Å². The van der Waals surface area contributed by atoms with Gasteiger partial charge in [0.1, 0.15) is 0 Å². The fourth-order valence-corrected chi connectivity index (χ4v) is 1.70. The molecule has 0 aliphatic carbocycles. The Morgan fingerprint density at radius 1 is 1.38 bits per heavy atom. The van der Waals surface area contributed by atoms with Crippen molar-refractivity contribution < 1.29 is 5.11 Å².